The van der Waals surface area contributed by atoms with Crippen LogP contribution in [-0.2, 0) is 10.0 Å². The van der Waals surface area contributed by atoms with Gasteiger partial charge in [0.25, 0.3) is 15.2 Å². The normalized spacial score (nSPS) is 11.8. The van der Waals surface area contributed by atoms with E-state index in [0.717, 1.165) is 19.3 Å². The van der Waals surface area contributed by atoms with E-state index in [1.54, 1.807) is 0 Å². The Morgan fingerprint density at radius 3 is 2.73 bits per heavy atom. The number of sulfonamides is 1. The van der Waals surface area contributed by atoms with Crippen LogP contribution in [0.3, 0.4) is 0 Å². The molecule has 0 bridgehead atoms. The molecule has 0 aromatic carbocycles. The van der Waals surface area contributed by atoms with Gasteiger partial charge in [0.2, 0.25) is 5.95 Å². The van der Waals surface area contributed by atoms with Crippen LogP contribution in [0.15, 0.2) is 5.16 Å². The summed E-state index contributed by atoms with van der Waals surface area (Å²) >= 11 is 0. The summed E-state index contributed by atoms with van der Waals surface area (Å²) in [4.78, 5) is 3.54. The van der Waals surface area contributed by atoms with Crippen molar-refractivity contribution in [3.63, 3.8) is 0 Å². The number of H-pyrrole nitrogens is 1. The molecule has 0 aliphatic heterocycles. The van der Waals surface area contributed by atoms with Crippen LogP contribution < -0.4 is 10.5 Å². The second kappa shape index (κ2) is 5.08. The summed E-state index contributed by atoms with van der Waals surface area (Å²) in [6, 6.07) is 0. The Bertz CT molecular complexity index is 399. The van der Waals surface area contributed by atoms with Crippen molar-refractivity contribution in [1.82, 2.24) is 19.9 Å². The maximum Gasteiger partial charge on any atom is 0.275 e. The first-order valence-electron chi connectivity index (χ1n) is 4.74. The van der Waals surface area contributed by atoms with Crippen molar-refractivity contribution in [2.45, 2.75) is 31.3 Å². The Hall–Kier alpha value is -1.15. The predicted molar refractivity (Wildman–Crippen MR) is 55.5 cm³/mol. The molecule has 1 heterocycles. The van der Waals surface area contributed by atoms with Crippen molar-refractivity contribution < 1.29 is 8.42 Å². The quantitative estimate of drug-likeness (QED) is 0.591. The molecule has 1 rings (SSSR count). The molecule has 0 spiro atoms. The van der Waals surface area contributed by atoms with Gasteiger partial charge in [0.05, 0.1) is 0 Å². The molecule has 7 nitrogen and oxygen atoms in total. The maximum atomic E-state index is 11.5. The Kier molecular flexibility index (Phi) is 4.04. The van der Waals surface area contributed by atoms with Crippen LogP contribution >= 0.6 is 0 Å². The second-order valence-electron chi connectivity index (χ2n) is 3.10. The number of rotatable bonds is 6. The molecule has 0 unspecified atom stereocenters. The Morgan fingerprint density at radius 2 is 2.20 bits per heavy atom. The van der Waals surface area contributed by atoms with E-state index in [-0.39, 0.29) is 11.1 Å². The summed E-state index contributed by atoms with van der Waals surface area (Å²) < 4.78 is 25.4. The van der Waals surface area contributed by atoms with Crippen molar-refractivity contribution in [3.8, 4) is 0 Å². The number of nitrogens with one attached hydrogen (secondary N) is 2. The summed E-state index contributed by atoms with van der Waals surface area (Å²) in [5.41, 5.74) is 5.21. The predicted octanol–water partition coefficient (Wildman–Crippen LogP) is -0.145. The lowest BCUT2D eigenvalue weighted by Gasteiger charge is -2.02. The maximum absolute atomic E-state index is 11.5. The van der Waals surface area contributed by atoms with Crippen LogP contribution in [0.2, 0.25) is 0 Å². The SMILES string of the molecule is CCCCCNS(=O)(=O)c1nc(N)n[nH]1. The molecular weight excluding hydrogens is 218 g/mol. The van der Waals surface area contributed by atoms with Crippen LogP contribution in [0, 0.1) is 0 Å². The first kappa shape index (κ1) is 11.9. The van der Waals surface area contributed by atoms with E-state index in [1.165, 1.54) is 0 Å². The van der Waals surface area contributed by atoms with Gasteiger partial charge >= 0.3 is 0 Å². The van der Waals surface area contributed by atoms with E-state index in [4.69, 9.17) is 5.73 Å². The number of anilines is 1. The van der Waals surface area contributed by atoms with Gasteiger partial charge in [-0.15, -0.1) is 5.10 Å². The molecule has 0 aliphatic carbocycles. The van der Waals surface area contributed by atoms with E-state index in [0.29, 0.717) is 6.54 Å². The minimum atomic E-state index is -3.58. The smallest absolute Gasteiger partial charge is 0.275 e. The second-order valence-corrected chi connectivity index (χ2v) is 4.79. The highest BCUT2D eigenvalue weighted by Crippen LogP contribution is 2.02. The summed E-state index contributed by atoms with van der Waals surface area (Å²) in [5.74, 6) is -0.0797. The Labute approximate surface area is 88.5 Å². The zero-order valence-corrected chi connectivity index (χ0v) is 9.34. The average Bonchev–Trinajstić information content (AvgIpc) is 2.60. The van der Waals surface area contributed by atoms with Crippen molar-refractivity contribution in [1.29, 1.82) is 0 Å². The van der Waals surface area contributed by atoms with Crippen LogP contribution in [0.5, 0.6) is 0 Å². The summed E-state index contributed by atoms with van der Waals surface area (Å²) in [6.07, 6.45) is 2.83. The van der Waals surface area contributed by atoms with Crippen LogP contribution in [-0.4, -0.2) is 30.1 Å². The van der Waals surface area contributed by atoms with E-state index < -0.39 is 10.0 Å². The van der Waals surface area contributed by atoms with Gasteiger partial charge in [-0.25, -0.2) is 18.2 Å². The third-order valence-corrected chi connectivity index (χ3v) is 3.08. The molecule has 8 heteroatoms. The van der Waals surface area contributed by atoms with E-state index in [9.17, 15) is 8.42 Å². The molecule has 0 saturated carbocycles. The molecule has 0 fully saturated rings. The van der Waals surface area contributed by atoms with Gasteiger partial charge in [0.1, 0.15) is 0 Å². The average molecular weight is 233 g/mol. The lowest BCUT2D eigenvalue weighted by molar-refractivity contribution is 0.567. The number of aromatic amines is 1. The summed E-state index contributed by atoms with van der Waals surface area (Å²) in [7, 11) is -3.58. The molecule has 0 amide bonds. The van der Waals surface area contributed by atoms with Crippen molar-refractivity contribution >= 4 is 16.0 Å². The molecule has 1 aromatic heterocycles. The zero-order valence-electron chi connectivity index (χ0n) is 8.52. The third kappa shape index (κ3) is 3.48. The largest absolute Gasteiger partial charge is 0.366 e. The molecule has 15 heavy (non-hydrogen) atoms. The third-order valence-electron chi connectivity index (χ3n) is 1.81. The molecule has 0 aliphatic rings. The van der Waals surface area contributed by atoms with Crippen molar-refractivity contribution in [3.05, 3.63) is 0 Å². The van der Waals surface area contributed by atoms with Gasteiger partial charge < -0.3 is 5.73 Å². The molecule has 4 N–H and O–H groups in total. The van der Waals surface area contributed by atoms with Gasteiger partial charge in [0, 0.05) is 6.54 Å². The van der Waals surface area contributed by atoms with Crippen molar-refractivity contribution in [2.24, 2.45) is 0 Å². The van der Waals surface area contributed by atoms with Crippen molar-refractivity contribution in [2.75, 3.05) is 12.3 Å². The lowest BCUT2D eigenvalue weighted by atomic mass is 10.3. The Morgan fingerprint density at radius 1 is 1.47 bits per heavy atom. The fourth-order valence-electron chi connectivity index (χ4n) is 1.03. The van der Waals surface area contributed by atoms with E-state index >= 15 is 0 Å². The Balaban J connectivity index is 2.53. The number of nitrogens with two attached hydrogens (primary N) is 1. The number of hydrogen-bond acceptors (Lipinski definition) is 5. The number of nitrogens with zero attached hydrogens (tertiary/aromatic N) is 2. The molecular formula is C7H15N5O2S. The standard InChI is InChI=1S/C7H15N5O2S/c1-2-3-4-5-9-15(13,14)7-10-6(8)11-12-7/h9H,2-5H2,1H3,(H3,8,10,11,12). The van der Waals surface area contributed by atoms with Gasteiger partial charge in [-0.3, -0.25) is 0 Å². The molecule has 1 aromatic rings. The highest BCUT2D eigenvalue weighted by Gasteiger charge is 2.17. The minimum absolute atomic E-state index is 0.0797. The first-order valence-corrected chi connectivity index (χ1v) is 6.22. The topological polar surface area (TPSA) is 114 Å². The first-order chi connectivity index (χ1) is 7.06. The molecule has 0 saturated heterocycles. The highest BCUT2D eigenvalue weighted by atomic mass is 32.2. The molecule has 86 valence electrons. The summed E-state index contributed by atoms with van der Waals surface area (Å²) in [6.45, 7) is 2.45. The monoisotopic (exact) mass is 233 g/mol. The lowest BCUT2D eigenvalue weighted by Crippen LogP contribution is -2.25. The minimum Gasteiger partial charge on any atom is -0.366 e. The fourth-order valence-corrected chi connectivity index (χ4v) is 1.96. The van der Waals surface area contributed by atoms with Crippen LogP contribution in [0.1, 0.15) is 26.2 Å². The number of nitrogen functional groups attached to an aromatic ring is 1. The number of aromatic nitrogens is 3. The van der Waals surface area contributed by atoms with Gasteiger partial charge in [-0.1, -0.05) is 19.8 Å². The fraction of sp³-hybridized carbons (Fsp3) is 0.714. The molecule has 0 atom stereocenters. The van der Waals surface area contributed by atoms with Gasteiger partial charge in [0.15, 0.2) is 0 Å². The van der Waals surface area contributed by atoms with Crippen LogP contribution in [0.4, 0.5) is 5.95 Å². The van der Waals surface area contributed by atoms with E-state index in [2.05, 4.69) is 19.9 Å². The van der Waals surface area contributed by atoms with Gasteiger partial charge in [-0.05, 0) is 6.42 Å². The van der Waals surface area contributed by atoms with E-state index in [1.807, 2.05) is 6.92 Å². The number of unbranched alkanes of at least 4 members (excludes halogenated alkanes) is 2. The highest BCUT2D eigenvalue weighted by molar-refractivity contribution is 7.89. The summed E-state index contributed by atoms with van der Waals surface area (Å²) in [5, 5.41) is 5.46. The zero-order chi connectivity index (χ0) is 11.3. The van der Waals surface area contributed by atoms with Gasteiger partial charge in [-0.2, -0.15) is 4.98 Å². The molecule has 0 radical (unpaired) electrons. The number of hydrogen-bond donors (Lipinski definition) is 3. The van der Waals surface area contributed by atoms with Crippen LogP contribution in [0.25, 0.3) is 0 Å².